The number of fused-ring (bicyclic) bond motifs is 1. The van der Waals surface area contributed by atoms with Gasteiger partial charge >= 0.3 is 0 Å². The van der Waals surface area contributed by atoms with Crippen molar-refractivity contribution in [2.45, 2.75) is 18.9 Å². The molecule has 1 aliphatic rings. The smallest absolute Gasteiger partial charge is 0.103 e. The largest absolute Gasteiger partial charge is 0.372 e. The Bertz CT molecular complexity index is 367. The Morgan fingerprint density at radius 1 is 1.47 bits per heavy atom. The monoisotopic (exact) mass is 225 g/mol. The molecular formula is C12H16ClNO. The summed E-state index contributed by atoms with van der Waals surface area (Å²) in [6, 6.07) is 6.07. The van der Waals surface area contributed by atoms with Crippen LogP contribution in [0.2, 0.25) is 5.02 Å². The first kappa shape index (κ1) is 10.9. The Morgan fingerprint density at radius 3 is 3.00 bits per heavy atom. The number of halogens is 1. The van der Waals surface area contributed by atoms with Crippen molar-refractivity contribution < 1.29 is 4.74 Å². The zero-order valence-corrected chi connectivity index (χ0v) is 9.90. The summed E-state index contributed by atoms with van der Waals surface area (Å²) >= 11 is 6.04. The van der Waals surface area contributed by atoms with Gasteiger partial charge in [0.05, 0.1) is 0 Å². The van der Waals surface area contributed by atoms with Crippen molar-refractivity contribution in [1.82, 2.24) is 5.32 Å². The standard InChI is InChI=1S/C12H16ClNO/c1-12(15-2)8-14-6-5-9-3-4-10(13)7-11(9)12/h3-4,7,14H,5-6,8H2,1-2H3. The maximum Gasteiger partial charge on any atom is 0.103 e. The van der Waals surface area contributed by atoms with Gasteiger partial charge in [0.1, 0.15) is 5.60 Å². The molecule has 15 heavy (non-hydrogen) atoms. The van der Waals surface area contributed by atoms with Crippen LogP contribution in [0, 0.1) is 0 Å². The highest BCUT2D eigenvalue weighted by Gasteiger charge is 2.30. The van der Waals surface area contributed by atoms with Gasteiger partial charge in [-0.05, 0) is 43.1 Å². The second kappa shape index (κ2) is 4.12. The van der Waals surface area contributed by atoms with E-state index in [0.717, 1.165) is 24.5 Å². The van der Waals surface area contributed by atoms with Crippen molar-refractivity contribution in [3.8, 4) is 0 Å². The fourth-order valence-corrected chi connectivity index (χ4v) is 2.26. The predicted molar refractivity (Wildman–Crippen MR) is 62.4 cm³/mol. The fraction of sp³-hybridized carbons (Fsp3) is 0.500. The third-order valence-corrected chi connectivity index (χ3v) is 3.36. The molecule has 1 aliphatic heterocycles. The normalized spacial score (nSPS) is 25.8. The van der Waals surface area contributed by atoms with E-state index in [1.165, 1.54) is 11.1 Å². The third-order valence-electron chi connectivity index (χ3n) is 3.13. The Balaban J connectivity index is 2.52. The molecule has 2 nitrogen and oxygen atoms in total. The average Bonchev–Trinajstić information content (AvgIpc) is 2.40. The summed E-state index contributed by atoms with van der Waals surface area (Å²) < 4.78 is 5.62. The Kier molecular flexibility index (Phi) is 3.01. The van der Waals surface area contributed by atoms with Gasteiger partial charge in [-0.15, -0.1) is 0 Å². The second-order valence-corrected chi connectivity index (χ2v) is 4.60. The summed E-state index contributed by atoms with van der Waals surface area (Å²) in [5, 5.41) is 4.16. The molecule has 0 fully saturated rings. The molecular weight excluding hydrogens is 210 g/mol. The van der Waals surface area contributed by atoms with Crippen LogP contribution < -0.4 is 5.32 Å². The molecule has 0 bridgehead atoms. The number of nitrogens with one attached hydrogen (secondary N) is 1. The minimum atomic E-state index is -0.267. The van der Waals surface area contributed by atoms with Crippen LogP contribution in [0.5, 0.6) is 0 Å². The molecule has 1 unspecified atom stereocenters. The molecule has 0 aromatic heterocycles. The summed E-state index contributed by atoms with van der Waals surface area (Å²) in [6.45, 7) is 3.92. The molecule has 82 valence electrons. The van der Waals surface area contributed by atoms with Crippen LogP contribution in [-0.2, 0) is 16.8 Å². The topological polar surface area (TPSA) is 21.3 Å². The van der Waals surface area contributed by atoms with Crippen molar-refractivity contribution in [3.05, 3.63) is 34.3 Å². The SMILES string of the molecule is COC1(C)CNCCc2ccc(Cl)cc21. The Hall–Kier alpha value is -0.570. The van der Waals surface area contributed by atoms with Crippen LogP contribution in [0.1, 0.15) is 18.1 Å². The maximum absolute atomic E-state index is 6.04. The molecule has 3 heteroatoms. The fourth-order valence-electron chi connectivity index (χ4n) is 2.09. The van der Waals surface area contributed by atoms with E-state index in [4.69, 9.17) is 16.3 Å². The number of rotatable bonds is 1. The summed E-state index contributed by atoms with van der Waals surface area (Å²) in [4.78, 5) is 0. The molecule has 0 amide bonds. The average molecular weight is 226 g/mol. The first-order chi connectivity index (χ1) is 7.15. The number of methoxy groups -OCH3 is 1. The first-order valence-electron chi connectivity index (χ1n) is 5.20. The van der Waals surface area contributed by atoms with E-state index in [1.807, 2.05) is 12.1 Å². The van der Waals surface area contributed by atoms with Crippen LogP contribution in [-0.4, -0.2) is 20.2 Å². The molecule has 1 N–H and O–H groups in total. The highest BCUT2D eigenvalue weighted by atomic mass is 35.5. The zero-order valence-electron chi connectivity index (χ0n) is 9.14. The number of ether oxygens (including phenoxy) is 1. The van der Waals surface area contributed by atoms with Gasteiger partial charge in [-0.1, -0.05) is 17.7 Å². The van der Waals surface area contributed by atoms with E-state index in [2.05, 4.69) is 18.3 Å². The van der Waals surface area contributed by atoms with Gasteiger partial charge in [0, 0.05) is 18.7 Å². The van der Waals surface area contributed by atoms with Crippen LogP contribution in [0.3, 0.4) is 0 Å². The van der Waals surface area contributed by atoms with Crippen molar-refractivity contribution >= 4 is 11.6 Å². The lowest BCUT2D eigenvalue weighted by Gasteiger charge is -2.28. The third kappa shape index (κ3) is 2.03. The predicted octanol–water partition coefficient (Wildman–Crippen LogP) is 2.35. The molecule has 0 radical (unpaired) electrons. The molecule has 0 spiro atoms. The molecule has 2 rings (SSSR count). The van der Waals surface area contributed by atoms with Gasteiger partial charge < -0.3 is 10.1 Å². The Labute approximate surface area is 95.6 Å². The van der Waals surface area contributed by atoms with Gasteiger partial charge in [-0.25, -0.2) is 0 Å². The highest BCUT2D eigenvalue weighted by molar-refractivity contribution is 6.30. The van der Waals surface area contributed by atoms with Crippen LogP contribution >= 0.6 is 11.6 Å². The quantitative estimate of drug-likeness (QED) is 0.792. The van der Waals surface area contributed by atoms with Gasteiger partial charge in [0.25, 0.3) is 0 Å². The van der Waals surface area contributed by atoms with E-state index in [1.54, 1.807) is 7.11 Å². The van der Waals surface area contributed by atoms with E-state index < -0.39 is 0 Å². The summed E-state index contributed by atoms with van der Waals surface area (Å²) in [5.74, 6) is 0. The lowest BCUT2D eigenvalue weighted by Crippen LogP contribution is -2.35. The van der Waals surface area contributed by atoms with E-state index in [9.17, 15) is 0 Å². The van der Waals surface area contributed by atoms with E-state index in [-0.39, 0.29) is 5.60 Å². The molecule has 0 saturated carbocycles. The summed E-state index contributed by atoms with van der Waals surface area (Å²) in [5.41, 5.74) is 2.27. The Morgan fingerprint density at radius 2 is 2.27 bits per heavy atom. The second-order valence-electron chi connectivity index (χ2n) is 4.16. The van der Waals surface area contributed by atoms with Crippen molar-refractivity contribution in [1.29, 1.82) is 0 Å². The van der Waals surface area contributed by atoms with Crippen LogP contribution in [0.4, 0.5) is 0 Å². The van der Waals surface area contributed by atoms with Gasteiger partial charge in [-0.2, -0.15) is 0 Å². The molecule has 1 heterocycles. The van der Waals surface area contributed by atoms with Gasteiger partial charge in [0.15, 0.2) is 0 Å². The molecule has 1 aromatic rings. The highest BCUT2D eigenvalue weighted by Crippen LogP contribution is 2.31. The lowest BCUT2D eigenvalue weighted by atomic mass is 9.91. The van der Waals surface area contributed by atoms with E-state index in [0.29, 0.717) is 0 Å². The number of hydrogen-bond acceptors (Lipinski definition) is 2. The summed E-state index contributed by atoms with van der Waals surface area (Å²) in [6.07, 6.45) is 1.03. The van der Waals surface area contributed by atoms with Crippen molar-refractivity contribution in [2.24, 2.45) is 0 Å². The van der Waals surface area contributed by atoms with Crippen LogP contribution in [0.25, 0.3) is 0 Å². The van der Waals surface area contributed by atoms with Crippen molar-refractivity contribution in [3.63, 3.8) is 0 Å². The maximum atomic E-state index is 6.04. The molecule has 1 atom stereocenters. The minimum absolute atomic E-state index is 0.267. The molecule has 1 aromatic carbocycles. The first-order valence-corrected chi connectivity index (χ1v) is 5.58. The lowest BCUT2D eigenvalue weighted by molar-refractivity contribution is 0.00451. The van der Waals surface area contributed by atoms with Gasteiger partial charge in [0.2, 0.25) is 0 Å². The summed E-state index contributed by atoms with van der Waals surface area (Å²) in [7, 11) is 1.75. The number of hydrogen-bond donors (Lipinski definition) is 1. The zero-order chi connectivity index (χ0) is 10.9. The van der Waals surface area contributed by atoms with E-state index >= 15 is 0 Å². The minimum Gasteiger partial charge on any atom is -0.372 e. The van der Waals surface area contributed by atoms with Crippen LogP contribution in [0.15, 0.2) is 18.2 Å². The van der Waals surface area contributed by atoms with Crippen molar-refractivity contribution in [2.75, 3.05) is 20.2 Å². The van der Waals surface area contributed by atoms with Gasteiger partial charge in [-0.3, -0.25) is 0 Å². The molecule has 0 saturated heterocycles. The number of benzene rings is 1. The molecule has 0 aliphatic carbocycles.